The predicted octanol–water partition coefficient (Wildman–Crippen LogP) is 2.51. The zero-order valence-electron chi connectivity index (χ0n) is 16.3. The highest BCUT2D eigenvalue weighted by Crippen LogP contribution is 2.28. The van der Waals surface area contributed by atoms with E-state index >= 15 is 0 Å². The van der Waals surface area contributed by atoms with Gasteiger partial charge in [-0.25, -0.2) is 0 Å². The molecule has 3 heterocycles. The first-order valence-corrected chi connectivity index (χ1v) is 11.4. The van der Waals surface area contributed by atoms with Crippen LogP contribution in [0.2, 0.25) is 0 Å². The molecule has 2 atom stereocenters. The van der Waals surface area contributed by atoms with E-state index in [1.165, 1.54) is 24.2 Å². The van der Waals surface area contributed by atoms with Gasteiger partial charge in [-0.3, -0.25) is 14.4 Å². The van der Waals surface area contributed by atoms with Gasteiger partial charge in [0.25, 0.3) is 5.91 Å². The Kier molecular flexibility index (Phi) is 5.99. The third-order valence-electron chi connectivity index (χ3n) is 6.15. The molecule has 2 aliphatic heterocycles. The number of thiophene rings is 1. The number of nitrogens with zero attached hydrogens (tertiary/aromatic N) is 2. The van der Waals surface area contributed by atoms with E-state index < -0.39 is 6.04 Å². The number of nitrogens with one attached hydrogen (secondary N) is 1. The lowest BCUT2D eigenvalue weighted by atomic mass is 9.94. The lowest BCUT2D eigenvalue weighted by molar-refractivity contribution is -0.140. The lowest BCUT2D eigenvalue weighted by Gasteiger charge is -2.40. The van der Waals surface area contributed by atoms with Crippen LogP contribution in [0.1, 0.15) is 54.6 Å². The third-order valence-corrected chi connectivity index (χ3v) is 7.00. The highest BCUT2D eigenvalue weighted by molar-refractivity contribution is 7.12. The Bertz CT molecular complexity index is 716. The van der Waals surface area contributed by atoms with Crippen LogP contribution < -0.4 is 5.32 Å². The number of hydrogen-bond donors (Lipinski definition) is 1. The number of piperidine rings is 2. The van der Waals surface area contributed by atoms with Gasteiger partial charge in [-0.2, -0.15) is 0 Å². The average molecular weight is 404 g/mol. The summed E-state index contributed by atoms with van der Waals surface area (Å²) in [5.41, 5.74) is 0. The maximum absolute atomic E-state index is 13.3. The fourth-order valence-electron chi connectivity index (χ4n) is 4.29. The number of hydrogen-bond acceptors (Lipinski definition) is 4. The Hall–Kier alpha value is -1.89. The molecule has 2 saturated heterocycles. The second-order valence-corrected chi connectivity index (χ2v) is 9.25. The summed E-state index contributed by atoms with van der Waals surface area (Å²) in [6.45, 7) is 2.57. The Balaban J connectivity index is 1.39. The van der Waals surface area contributed by atoms with Gasteiger partial charge in [0.2, 0.25) is 11.8 Å². The van der Waals surface area contributed by atoms with Crippen molar-refractivity contribution in [1.82, 2.24) is 15.1 Å². The molecule has 0 spiro atoms. The summed E-state index contributed by atoms with van der Waals surface area (Å²) in [6, 6.07) is 3.30. The molecule has 1 aromatic heterocycles. The summed E-state index contributed by atoms with van der Waals surface area (Å²) in [7, 11) is 0. The Morgan fingerprint density at radius 3 is 2.68 bits per heavy atom. The average Bonchev–Trinajstić information content (AvgIpc) is 3.41. The van der Waals surface area contributed by atoms with E-state index in [9.17, 15) is 14.4 Å². The summed E-state index contributed by atoms with van der Waals surface area (Å²) in [4.78, 5) is 42.9. The van der Waals surface area contributed by atoms with Crippen LogP contribution in [0.5, 0.6) is 0 Å². The predicted molar refractivity (Wildman–Crippen MR) is 108 cm³/mol. The Morgan fingerprint density at radius 1 is 1.07 bits per heavy atom. The van der Waals surface area contributed by atoms with Crippen LogP contribution in [0.15, 0.2) is 17.5 Å². The van der Waals surface area contributed by atoms with Crippen molar-refractivity contribution in [3.8, 4) is 0 Å². The second kappa shape index (κ2) is 8.64. The normalized spacial score (nSPS) is 25.4. The van der Waals surface area contributed by atoms with Crippen molar-refractivity contribution >= 4 is 29.1 Å². The number of carbonyl (C=O) groups excluding carboxylic acids is 3. The fraction of sp³-hybridized carbons (Fsp3) is 0.667. The van der Waals surface area contributed by atoms with Gasteiger partial charge in [0.05, 0.1) is 10.8 Å². The second-order valence-electron chi connectivity index (χ2n) is 8.30. The van der Waals surface area contributed by atoms with Gasteiger partial charge in [-0.15, -0.1) is 11.3 Å². The highest BCUT2D eigenvalue weighted by Gasteiger charge is 2.38. The first-order chi connectivity index (χ1) is 13.6. The molecular formula is C21H29N3O3S. The van der Waals surface area contributed by atoms with E-state index in [-0.39, 0.29) is 23.6 Å². The van der Waals surface area contributed by atoms with Gasteiger partial charge >= 0.3 is 0 Å². The zero-order valence-corrected chi connectivity index (χ0v) is 17.1. The molecule has 6 nitrogen and oxygen atoms in total. The molecule has 3 amide bonds. The lowest BCUT2D eigenvalue weighted by Crippen LogP contribution is -2.55. The summed E-state index contributed by atoms with van der Waals surface area (Å²) >= 11 is 1.42. The molecule has 0 radical (unpaired) electrons. The van der Waals surface area contributed by atoms with Crippen LogP contribution in [0.4, 0.5) is 0 Å². The van der Waals surface area contributed by atoms with Gasteiger partial charge in [0.15, 0.2) is 0 Å². The van der Waals surface area contributed by atoms with Crippen LogP contribution in [0.3, 0.4) is 0 Å². The van der Waals surface area contributed by atoms with E-state index in [2.05, 4.69) is 5.32 Å². The minimum Gasteiger partial charge on any atom is -0.356 e. The largest absolute Gasteiger partial charge is 0.356 e. The monoisotopic (exact) mass is 403 g/mol. The van der Waals surface area contributed by atoms with Gasteiger partial charge in [0.1, 0.15) is 6.04 Å². The number of rotatable bonds is 5. The first kappa shape index (κ1) is 19.4. The van der Waals surface area contributed by atoms with Gasteiger partial charge in [-0.1, -0.05) is 6.07 Å². The molecule has 1 aliphatic carbocycles. The molecule has 1 N–H and O–H groups in total. The van der Waals surface area contributed by atoms with Gasteiger partial charge in [-0.05, 0) is 62.3 Å². The topological polar surface area (TPSA) is 69.7 Å². The summed E-state index contributed by atoms with van der Waals surface area (Å²) < 4.78 is 0. The van der Waals surface area contributed by atoms with Crippen molar-refractivity contribution in [1.29, 1.82) is 0 Å². The number of carbonyl (C=O) groups is 3. The maximum Gasteiger partial charge on any atom is 0.264 e. The molecule has 4 rings (SSSR count). The van der Waals surface area contributed by atoms with E-state index in [1.807, 2.05) is 22.4 Å². The van der Waals surface area contributed by atoms with E-state index in [4.69, 9.17) is 0 Å². The Labute approximate surface area is 170 Å². The molecule has 1 aromatic rings. The molecule has 3 fully saturated rings. The van der Waals surface area contributed by atoms with Crippen molar-refractivity contribution in [3.63, 3.8) is 0 Å². The number of likely N-dealkylation sites (tertiary alicyclic amines) is 2. The SMILES string of the molecule is O=C(NCC1CC1)C1CCCN(C(=O)C2CCCCN2C(=O)c2cccs2)C1. The molecule has 1 saturated carbocycles. The van der Waals surface area contributed by atoms with E-state index in [1.54, 1.807) is 4.90 Å². The van der Waals surface area contributed by atoms with E-state index in [0.29, 0.717) is 36.9 Å². The van der Waals surface area contributed by atoms with Gasteiger partial charge in [0, 0.05) is 26.2 Å². The zero-order chi connectivity index (χ0) is 19.5. The molecule has 0 bridgehead atoms. The van der Waals surface area contributed by atoms with Crippen molar-refractivity contribution in [2.45, 2.75) is 51.0 Å². The smallest absolute Gasteiger partial charge is 0.264 e. The van der Waals surface area contributed by atoms with Crippen LogP contribution in [0, 0.1) is 11.8 Å². The molecular weight excluding hydrogens is 374 g/mol. The molecule has 2 unspecified atom stereocenters. The fourth-order valence-corrected chi connectivity index (χ4v) is 4.97. The number of amides is 3. The Morgan fingerprint density at radius 2 is 1.93 bits per heavy atom. The van der Waals surface area contributed by atoms with Crippen LogP contribution in [-0.2, 0) is 9.59 Å². The molecule has 152 valence electrons. The molecule has 3 aliphatic rings. The first-order valence-electron chi connectivity index (χ1n) is 10.5. The third kappa shape index (κ3) is 4.40. The van der Waals surface area contributed by atoms with Crippen molar-refractivity contribution in [2.75, 3.05) is 26.2 Å². The molecule has 0 aromatic carbocycles. The van der Waals surface area contributed by atoms with Crippen LogP contribution in [-0.4, -0.2) is 59.7 Å². The minimum absolute atomic E-state index is 0.0179. The summed E-state index contributed by atoms with van der Waals surface area (Å²) in [5.74, 6) is 0.596. The molecule has 28 heavy (non-hydrogen) atoms. The van der Waals surface area contributed by atoms with Gasteiger partial charge < -0.3 is 15.1 Å². The summed E-state index contributed by atoms with van der Waals surface area (Å²) in [6.07, 6.45) is 6.72. The maximum atomic E-state index is 13.3. The van der Waals surface area contributed by atoms with E-state index in [0.717, 1.165) is 32.2 Å². The van der Waals surface area contributed by atoms with Crippen LogP contribution in [0.25, 0.3) is 0 Å². The van der Waals surface area contributed by atoms with Crippen LogP contribution >= 0.6 is 11.3 Å². The minimum atomic E-state index is -0.392. The van der Waals surface area contributed by atoms with Crippen molar-refractivity contribution in [3.05, 3.63) is 22.4 Å². The van der Waals surface area contributed by atoms with Crippen molar-refractivity contribution < 1.29 is 14.4 Å². The highest BCUT2D eigenvalue weighted by atomic mass is 32.1. The standard InChI is InChI=1S/C21H29N3O3S/c25-19(22-13-15-8-9-15)16-5-3-10-23(14-16)20(26)17-6-1-2-11-24(17)21(27)18-7-4-12-28-18/h4,7,12,15-17H,1-3,5-6,8-11,13-14H2,(H,22,25). The summed E-state index contributed by atoms with van der Waals surface area (Å²) in [5, 5.41) is 4.95. The molecule has 7 heteroatoms. The quantitative estimate of drug-likeness (QED) is 0.821. The van der Waals surface area contributed by atoms with Crippen molar-refractivity contribution in [2.24, 2.45) is 11.8 Å².